The van der Waals surface area contributed by atoms with Crippen LogP contribution in [0.4, 0.5) is 4.79 Å². The molecule has 0 radical (unpaired) electrons. The first-order valence-corrected chi connectivity index (χ1v) is 4.62. The van der Waals surface area contributed by atoms with Crippen LogP contribution >= 0.6 is 11.6 Å². The third kappa shape index (κ3) is 2.95. The van der Waals surface area contributed by atoms with Crippen LogP contribution in [0.25, 0.3) is 0 Å². The van der Waals surface area contributed by atoms with E-state index < -0.39 is 6.09 Å². The van der Waals surface area contributed by atoms with Gasteiger partial charge in [-0.3, -0.25) is 4.79 Å². The molecule has 0 spiro atoms. The minimum atomic E-state index is -0.604. The second-order valence-electron chi connectivity index (χ2n) is 2.84. The van der Waals surface area contributed by atoms with E-state index in [0.717, 1.165) is 0 Å². The van der Waals surface area contributed by atoms with Gasteiger partial charge in [0.15, 0.2) is 11.5 Å². The Morgan fingerprint density at radius 2 is 2.07 bits per heavy atom. The van der Waals surface area contributed by atoms with Gasteiger partial charge in [0.1, 0.15) is 0 Å². The van der Waals surface area contributed by atoms with Crippen LogP contribution in [0.5, 0.6) is 5.75 Å². The molecule has 0 fully saturated rings. The van der Waals surface area contributed by atoms with Crippen LogP contribution in [0.2, 0.25) is 5.02 Å². The van der Waals surface area contributed by atoms with Gasteiger partial charge in [0.25, 0.3) is 0 Å². The second-order valence-corrected chi connectivity index (χ2v) is 3.25. The predicted molar refractivity (Wildman–Crippen MR) is 56.5 cm³/mol. The number of ketones is 1. The number of Topliss-reactive ketones (excluding diaryl/α,β-unsaturated/α-hetero) is 1. The zero-order chi connectivity index (χ0) is 11.4. The van der Waals surface area contributed by atoms with Gasteiger partial charge >= 0.3 is 6.09 Å². The van der Waals surface area contributed by atoms with Crippen molar-refractivity contribution in [2.24, 2.45) is 0 Å². The monoisotopic (exact) mass is 227 g/mol. The summed E-state index contributed by atoms with van der Waals surface area (Å²) in [5.41, 5.74) is 0.476. The molecule has 1 amide bonds. The molecule has 1 N–H and O–H groups in total. The molecule has 1 rings (SSSR count). The fraction of sp³-hybridized carbons (Fsp3) is 0.200. The Kier molecular flexibility index (Phi) is 3.68. The maximum absolute atomic E-state index is 11.0. The van der Waals surface area contributed by atoms with Crippen LogP contribution in [0.15, 0.2) is 18.2 Å². The summed E-state index contributed by atoms with van der Waals surface area (Å²) < 4.78 is 4.84. The average molecular weight is 228 g/mol. The van der Waals surface area contributed by atoms with Gasteiger partial charge in [0.05, 0.1) is 5.02 Å². The normalized spacial score (nSPS) is 9.53. The van der Waals surface area contributed by atoms with Crippen molar-refractivity contribution in [1.82, 2.24) is 5.32 Å². The summed E-state index contributed by atoms with van der Waals surface area (Å²) in [5, 5.41) is 2.52. The molecule has 0 aliphatic carbocycles. The first-order valence-electron chi connectivity index (χ1n) is 4.24. The number of rotatable bonds is 2. The van der Waals surface area contributed by atoms with Gasteiger partial charge in [-0.15, -0.1) is 0 Å². The molecule has 0 saturated heterocycles. The van der Waals surface area contributed by atoms with Crippen molar-refractivity contribution in [2.75, 3.05) is 7.05 Å². The molecule has 0 aliphatic heterocycles. The lowest BCUT2D eigenvalue weighted by Gasteiger charge is -2.05. The summed E-state index contributed by atoms with van der Waals surface area (Å²) in [7, 11) is 1.44. The highest BCUT2D eigenvalue weighted by Gasteiger charge is 2.08. The Balaban J connectivity index is 2.93. The molecule has 0 aromatic heterocycles. The molecular weight excluding hydrogens is 218 g/mol. The van der Waals surface area contributed by atoms with Crippen molar-refractivity contribution in [2.45, 2.75) is 6.92 Å². The van der Waals surface area contributed by atoms with Gasteiger partial charge < -0.3 is 10.1 Å². The van der Waals surface area contributed by atoms with Gasteiger partial charge in [0.2, 0.25) is 0 Å². The van der Waals surface area contributed by atoms with E-state index in [9.17, 15) is 9.59 Å². The Bertz CT molecular complexity index is 404. The maximum atomic E-state index is 11.0. The number of carbonyl (C=O) groups excluding carboxylic acids is 2. The minimum absolute atomic E-state index is 0.0941. The Morgan fingerprint density at radius 3 is 2.53 bits per heavy atom. The van der Waals surface area contributed by atoms with E-state index in [2.05, 4.69) is 5.32 Å². The molecule has 0 saturated carbocycles. The van der Waals surface area contributed by atoms with Crippen molar-refractivity contribution in [3.63, 3.8) is 0 Å². The third-order valence-electron chi connectivity index (χ3n) is 1.75. The van der Waals surface area contributed by atoms with E-state index in [1.165, 1.54) is 26.1 Å². The van der Waals surface area contributed by atoms with Crippen molar-refractivity contribution < 1.29 is 14.3 Å². The van der Waals surface area contributed by atoms with Crippen LogP contribution in [-0.4, -0.2) is 18.9 Å². The highest BCUT2D eigenvalue weighted by Crippen LogP contribution is 2.25. The molecular formula is C10H10ClNO3. The predicted octanol–water partition coefficient (Wildman–Crippen LogP) is 2.26. The fourth-order valence-corrected chi connectivity index (χ4v) is 1.17. The Hall–Kier alpha value is -1.55. The molecule has 1 aromatic rings. The number of amides is 1. The molecule has 15 heavy (non-hydrogen) atoms. The van der Waals surface area contributed by atoms with Gasteiger partial charge in [0, 0.05) is 12.6 Å². The fourth-order valence-electron chi connectivity index (χ4n) is 0.953. The minimum Gasteiger partial charge on any atom is -0.409 e. The highest BCUT2D eigenvalue weighted by molar-refractivity contribution is 6.32. The molecule has 5 heteroatoms. The summed E-state index contributed by atoms with van der Waals surface area (Å²) in [5.74, 6) is 0.129. The first-order chi connectivity index (χ1) is 7.04. The van der Waals surface area contributed by atoms with E-state index in [1.807, 2.05) is 0 Å². The Morgan fingerprint density at radius 1 is 1.40 bits per heavy atom. The quantitative estimate of drug-likeness (QED) is 0.789. The molecule has 0 heterocycles. The number of hydrogen-bond acceptors (Lipinski definition) is 3. The standard InChI is InChI=1S/C10H10ClNO3/c1-6(13)7-3-4-9(8(11)5-7)15-10(14)12-2/h3-5H,1-2H3,(H,12,14). The van der Waals surface area contributed by atoms with Crippen LogP contribution in [0.1, 0.15) is 17.3 Å². The van der Waals surface area contributed by atoms with E-state index in [0.29, 0.717) is 5.56 Å². The van der Waals surface area contributed by atoms with Crippen molar-refractivity contribution in [3.05, 3.63) is 28.8 Å². The van der Waals surface area contributed by atoms with E-state index in [-0.39, 0.29) is 16.6 Å². The van der Waals surface area contributed by atoms with Gasteiger partial charge in [-0.05, 0) is 25.1 Å². The average Bonchev–Trinajstić information content (AvgIpc) is 2.20. The van der Waals surface area contributed by atoms with E-state index in [1.54, 1.807) is 6.07 Å². The van der Waals surface area contributed by atoms with Crippen molar-refractivity contribution >= 4 is 23.5 Å². The molecule has 0 atom stereocenters. The molecule has 1 aromatic carbocycles. The number of hydrogen-bond donors (Lipinski definition) is 1. The lowest BCUT2D eigenvalue weighted by molar-refractivity contribution is 0.101. The highest BCUT2D eigenvalue weighted by atomic mass is 35.5. The SMILES string of the molecule is CNC(=O)Oc1ccc(C(C)=O)cc1Cl. The lowest BCUT2D eigenvalue weighted by atomic mass is 10.1. The number of halogens is 1. The topological polar surface area (TPSA) is 55.4 Å². The summed E-state index contributed by atoms with van der Waals surface area (Å²) >= 11 is 5.82. The summed E-state index contributed by atoms with van der Waals surface area (Å²) in [6.07, 6.45) is -0.604. The molecule has 0 unspecified atom stereocenters. The van der Waals surface area contributed by atoms with Gasteiger partial charge in [-0.25, -0.2) is 4.79 Å². The van der Waals surface area contributed by atoms with Crippen molar-refractivity contribution in [3.8, 4) is 5.75 Å². The van der Waals surface area contributed by atoms with E-state index >= 15 is 0 Å². The molecule has 4 nitrogen and oxygen atoms in total. The largest absolute Gasteiger partial charge is 0.412 e. The van der Waals surface area contributed by atoms with Gasteiger partial charge in [-0.1, -0.05) is 11.6 Å². The second kappa shape index (κ2) is 4.79. The first kappa shape index (κ1) is 11.5. The lowest BCUT2D eigenvalue weighted by Crippen LogP contribution is -2.22. The zero-order valence-electron chi connectivity index (χ0n) is 8.33. The summed E-state index contributed by atoms with van der Waals surface area (Å²) in [4.78, 5) is 21.9. The third-order valence-corrected chi connectivity index (χ3v) is 2.04. The van der Waals surface area contributed by atoms with Crippen LogP contribution < -0.4 is 10.1 Å². The summed E-state index contributed by atoms with van der Waals surface area (Å²) in [6, 6.07) is 4.49. The van der Waals surface area contributed by atoms with E-state index in [4.69, 9.17) is 16.3 Å². The maximum Gasteiger partial charge on any atom is 0.412 e. The van der Waals surface area contributed by atoms with Crippen LogP contribution in [-0.2, 0) is 0 Å². The van der Waals surface area contributed by atoms with Crippen LogP contribution in [0, 0.1) is 0 Å². The number of carbonyl (C=O) groups is 2. The number of ether oxygens (including phenoxy) is 1. The van der Waals surface area contributed by atoms with Crippen molar-refractivity contribution in [1.29, 1.82) is 0 Å². The Labute approximate surface area is 92.2 Å². The molecule has 80 valence electrons. The molecule has 0 bridgehead atoms. The molecule has 0 aliphatic rings. The zero-order valence-corrected chi connectivity index (χ0v) is 9.09. The smallest absolute Gasteiger partial charge is 0.409 e. The number of nitrogens with one attached hydrogen (secondary N) is 1. The summed E-state index contributed by atoms with van der Waals surface area (Å²) in [6.45, 7) is 1.44. The number of benzene rings is 1. The van der Waals surface area contributed by atoms with Gasteiger partial charge in [-0.2, -0.15) is 0 Å². The van der Waals surface area contributed by atoms with Crippen LogP contribution in [0.3, 0.4) is 0 Å².